The van der Waals surface area contributed by atoms with Crippen LogP contribution >= 0.6 is 11.3 Å². The van der Waals surface area contributed by atoms with Crippen LogP contribution in [-0.4, -0.2) is 18.7 Å². The van der Waals surface area contributed by atoms with Gasteiger partial charge >= 0.3 is 0 Å². The van der Waals surface area contributed by atoms with Crippen molar-refractivity contribution in [2.75, 3.05) is 6.61 Å². The molecule has 2 rings (SSSR count). The molecule has 1 aromatic carbocycles. The predicted octanol–water partition coefficient (Wildman–Crippen LogP) is 5.25. The highest BCUT2D eigenvalue weighted by molar-refractivity contribution is 7.12. The van der Waals surface area contributed by atoms with Gasteiger partial charge in [-0.3, -0.25) is 4.79 Å². The van der Waals surface area contributed by atoms with Crippen molar-refractivity contribution >= 4 is 23.5 Å². The monoisotopic (exact) mass is 358 g/mol. The summed E-state index contributed by atoms with van der Waals surface area (Å²) in [6, 6.07) is 11.3. The summed E-state index contributed by atoms with van der Waals surface area (Å²) in [6.45, 7) is 2.99. The predicted molar refractivity (Wildman–Crippen MR) is 105 cm³/mol. The Bertz CT molecular complexity index is 636. The maximum absolute atomic E-state index is 11.7. The normalized spacial score (nSPS) is 10.9. The number of carbonyl (C=O) groups excluding carboxylic acids is 1. The average Bonchev–Trinajstić information content (AvgIpc) is 3.17. The number of hydrazone groups is 1. The number of nitrogens with zero attached hydrogens (tertiary/aromatic N) is 1. The molecule has 25 heavy (non-hydrogen) atoms. The van der Waals surface area contributed by atoms with Crippen molar-refractivity contribution in [1.29, 1.82) is 0 Å². The van der Waals surface area contributed by atoms with Gasteiger partial charge in [0.25, 0.3) is 5.91 Å². The highest BCUT2D eigenvalue weighted by Gasteiger charge is 2.03. The van der Waals surface area contributed by atoms with E-state index < -0.39 is 0 Å². The van der Waals surface area contributed by atoms with Crippen molar-refractivity contribution in [2.24, 2.45) is 5.10 Å². The first-order valence-corrected chi connectivity index (χ1v) is 9.77. The molecule has 1 N–H and O–H groups in total. The number of rotatable bonds is 11. The van der Waals surface area contributed by atoms with Crippen LogP contribution in [0.4, 0.5) is 0 Å². The summed E-state index contributed by atoms with van der Waals surface area (Å²) < 4.78 is 5.75. The van der Waals surface area contributed by atoms with Crippen LogP contribution in [0.3, 0.4) is 0 Å². The molecule has 0 radical (unpaired) electrons. The fourth-order valence-corrected chi connectivity index (χ4v) is 2.96. The number of unbranched alkanes of at least 4 members (excludes halogenated alkanes) is 5. The van der Waals surface area contributed by atoms with E-state index in [0.29, 0.717) is 4.88 Å². The van der Waals surface area contributed by atoms with Gasteiger partial charge in [0.1, 0.15) is 5.75 Å². The van der Waals surface area contributed by atoms with Crippen LogP contribution in [0.25, 0.3) is 0 Å². The topological polar surface area (TPSA) is 50.7 Å². The van der Waals surface area contributed by atoms with Gasteiger partial charge in [-0.15, -0.1) is 11.3 Å². The molecule has 0 fully saturated rings. The van der Waals surface area contributed by atoms with Gasteiger partial charge in [-0.25, -0.2) is 5.43 Å². The molecule has 0 spiro atoms. The lowest BCUT2D eigenvalue weighted by Crippen LogP contribution is -2.16. The molecule has 0 aliphatic carbocycles. The lowest BCUT2D eigenvalue weighted by Gasteiger charge is -2.06. The fourth-order valence-electron chi connectivity index (χ4n) is 2.35. The highest BCUT2D eigenvalue weighted by atomic mass is 32.1. The number of ether oxygens (including phenoxy) is 1. The lowest BCUT2D eigenvalue weighted by atomic mass is 10.1. The van der Waals surface area contributed by atoms with Crippen molar-refractivity contribution in [3.8, 4) is 5.75 Å². The van der Waals surface area contributed by atoms with E-state index in [2.05, 4.69) is 17.5 Å². The van der Waals surface area contributed by atoms with E-state index in [1.165, 1.54) is 43.4 Å². The molecule has 1 aromatic heterocycles. The molecule has 5 heteroatoms. The summed E-state index contributed by atoms with van der Waals surface area (Å²) in [4.78, 5) is 12.4. The van der Waals surface area contributed by atoms with E-state index in [9.17, 15) is 4.79 Å². The molecule has 1 heterocycles. The van der Waals surface area contributed by atoms with Gasteiger partial charge in [0.15, 0.2) is 0 Å². The summed E-state index contributed by atoms with van der Waals surface area (Å²) in [5, 5.41) is 5.84. The number of amides is 1. The zero-order chi connectivity index (χ0) is 17.7. The smallest absolute Gasteiger partial charge is 0.281 e. The second-order valence-corrected chi connectivity index (χ2v) is 6.81. The Morgan fingerprint density at radius 2 is 1.88 bits per heavy atom. The summed E-state index contributed by atoms with van der Waals surface area (Å²) in [5.74, 6) is 0.679. The van der Waals surface area contributed by atoms with Gasteiger partial charge in [-0.2, -0.15) is 5.10 Å². The van der Waals surface area contributed by atoms with Crippen LogP contribution in [0.5, 0.6) is 5.75 Å². The van der Waals surface area contributed by atoms with Crippen LogP contribution in [0.2, 0.25) is 0 Å². The van der Waals surface area contributed by atoms with Crippen LogP contribution in [0, 0.1) is 0 Å². The minimum absolute atomic E-state index is 0.190. The molecule has 0 atom stereocenters. The van der Waals surface area contributed by atoms with Gasteiger partial charge in [0, 0.05) is 0 Å². The summed E-state index contributed by atoms with van der Waals surface area (Å²) in [6.07, 6.45) is 9.19. The molecule has 0 aliphatic rings. The third kappa shape index (κ3) is 7.52. The van der Waals surface area contributed by atoms with E-state index in [-0.39, 0.29) is 5.91 Å². The molecule has 0 saturated carbocycles. The van der Waals surface area contributed by atoms with Gasteiger partial charge in [0.05, 0.1) is 17.7 Å². The Morgan fingerprint density at radius 3 is 2.60 bits per heavy atom. The fraction of sp³-hybridized carbons (Fsp3) is 0.400. The van der Waals surface area contributed by atoms with E-state index in [4.69, 9.17) is 4.74 Å². The standard InChI is InChI=1S/C20H26N2O2S/c1-2-3-4-5-6-7-14-24-18-12-10-17(11-13-18)16-21-22-20(23)19-9-8-15-25-19/h8-13,15-16H,2-7,14H2,1H3,(H,22,23)/b21-16+. The molecule has 134 valence electrons. The molecular weight excluding hydrogens is 332 g/mol. The SMILES string of the molecule is CCCCCCCCOc1ccc(/C=N/NC(=O)c2cccs2)cc1. The molecule has 2 aromatic rings. The third-order valence-corrected chi connectivity index (χ3v) is 4.64. The Morgan fingerprint density at radius 1 is 1.12 bits per heavy atom. The number of hydrogen-bond acceptors (Lipinski definition) is 4. The van der Waals surface area contributed by atoms with Crippen molar-refractivity contribution in [2.45, 2.75) is 45.4 Å². The first-order chi connectivity index (χ1) is 12.3. The highest BCUT2D eigenvalue weighted by Crippen LogP contribution is 2.13. The first-order valence-electron chi connectivity index (χ1n) is 8.89. The second-order valence-electron chi connectivity index (χ2n) is 5.86. The Hall–Kier alpha value is -2.14. The molecule has 4 nitrogen and oxygen atoms in total. The van der Waals surface area contributed by atoms with Crippen LogP contribution in [-0.2, 0) is 0 Å². The summed E-state index contributed by atoms with van der Waals surface area (Å²) in [5.41, 5.74) is 3.44. The van der Waals surface area contributed by atoms with E-state index in [1.54, 1.807) is 12.3 Å². The van der Waals surface area contributed by atoms with Gasteiger partial charge in [0.2, 0.25) is 0 Å². The largest absolute Gasteiger partial charge is 0.494 e. The molecule has 0 saturated heterocycles. The molecule has 0 aliphatic heterocycles. The van der Waals surface area contributed by atoms with Crippen molar-refractivity contribution in [3.05, 3.63) is 52.2 Å². The minimum Gasteiger partial charge on any atom is -0.494 e. The lowest BCUT2D eigenvalue weighted by molar-refractivity contribution is 0.0959. The summed E-state index contributed by atoms with van der Waals surface area (Å²) in [7, 11) is 0. The van der Waals surface area contributed by atoms with Crippen LogP contribution < -0.4 is 10.2 Å². The molecule has 1 amide bonds. The third-order valence-electron chi connectivity index (χ3n) is 3.77. The number of nitrogens with one attached hydrogen (secondary N) is 1. The van der Waals surface area contributed by atoms with E-state index in [0.717, 1.165) is 24.3 Å². The quantitative estimate of drug-likeness (QED) is 0.339. The zero-order valence-corrected chi connectivity index (χ0v) is 15.6. The van der Waals surface area contributed by atoms with Crippen molar-refractivity contribution < 1.29 is 9.53 Å². The maximum atomic E-state index is 11.7. The Kier molecular flexibility index (Phi) is 8.77. The second kappa shape index (κ2) is 11.4. The van der Waals surface area contributed by atoms with Gasteiger partial charge < -0.3 is 4.74 Å². The number of thiophene rings is 1. The Balaban J connectivity index is 1.65. The Labute approximate surface area is 153 Å². The van der Waals surface area contributed by atoms with Gasteiger partial charge in [-0.1, -0.05) is 45.1 Å². The van der Waals surface area contributed by atoms with E-state index in [1.807, 2.05) is 35.7 Å². The zero-order valence-electron chi connectivity index (χ0n) is 14.7. The minimum atomic E-state index is -0.190. The maximum Gasteiger partial charge on any atom is 0.281 e. The van der Waals surface area contributed by atoms with E-state index >= 15 is 0 Å². The first kappa shape index (κ1) is 19.2. The molecule has 0 unspecified atom stereocenters. The molecular formula is C20H26N2O2S. The summed E-state index contributed by atoms with van der Waals surface area (Å²) >= 11 is 1.39. The molecule has 0 bridgehead atoms. The van der Waals surface area contributed by atoms with Crippen LogP contribution in [0.15, 0.2) is 46.9 Å². The van der Waals surface area contributed by atoms with Crippen LogP contribution in [0.1, 0.15) is 60.7 Å². The van der Waals surface area contributed by atoms with Gasteiger partial charge in [-0.05, 0) is 47.7 Å². The van der Waals surface area contributed by atoms with Crippen molar-refractivity contribution in [1.82, 2.24) is 5.43 Å². The number of benzene rings is 1. The number of hydrogen-bond donors (Lipinski definition) is 1. The van der Waals surface area contributed by atoms with Crippen molar-refractivity contribution in [3.63, 3.8) is 0 Å². The average molecular weight is 359 g/mol. The number of carbonyl (C=O) groups is 1.